The van der Waals surface area contributed by atoms with E-state index in [4.69, 9.17) is 4.99 Å². The molecule has 6 heteroatoms. The van der Waals surface area contributed by atoms with Gasteiger partial charge in [0.1, 0.15) is 0 Å². The van der Waals surface area contributed by atoms with Gasteiger partial charge in [0.25, 0.3) is 0 Å². The average Bonchev–Trinajstić information content (AvgIpc) is 3.20. The molecule has 3 aliphatic rings. The molecule has 1 unspecified atom stereocenters. The van der Waals surface area contributed by atoms with Gasteiger partial charge in [-0.15, -0.1) is 0 Å². The molecule has 3 rings (SSSR count). The van der Waals surface area contributed by atoms with Gasteiger partial charge in [-0.25, -0.2) is 0 Å². The minimum Gasteiger partial charge on any atom is -0.357 e. The SMILES string of the molecule is CCNC(=NCC1(N(C)C)CCCC1)N1CCCC2(CNC(=O)C2)C1. The summed E-state index contributed by atoms with van der Waals surface area (Å²) in [5.41, 5.74) is 0.330. The highest BCUT2D eigenvalue weighted by atomic mass is 16.1. The van der Waals surface area contributed by atoms with Gasteiger partial charge in [0.15, 0.2) is 5.96 Å². The van der Waals surface area contributed by atoms with E-state index < -0.39 is 0 Å². The number of rotatable bonds is 4. The Morgan fingerprint density at radius 1 is 1.28 bits per heavy atom. The lowest BCUT2D eigenvalue weighted by atomic mass is 9.79. The van der Waals surface area contributed by atoms with Crippen LogP contribution in [0.1, 0.15) is 51.9 Å². The second-order valence-electron chi connectivity index (χ2n) is 8.47. The molecule has 6 nitrogen and oxygen atoms in total. The molecule has 25 heavy (non-hydrogen) atoms. The number of piperidine rings is 1. The highest BCUT2D eigenvalue weighted by Gasteiger charge is 2.42. The minimum absolute atomic E-state index is 0.109. The highest BCUT2D eigenvalue weighted by Crippen LogP contribution is 2.37. The zero-order valence-electron chi connectivity index (χ0n) is 16.2. The van der Waals surface area contributed by atoms with Crippen LogP contribution in [-0.2, 0) is 4.79 Å². The van der Waals surface area contributed by atoms with Crippen molar-refractivity contribution in [3.05, 3.63) is 0 Å². The van der Waals surface area contributed by atoms with Gasteiger partial charge >= 0.3 is 0 Å². The van der Waals surface area contributed by atoms with Crippen molar-refractivity contribution in [1.82, 2.24) is 20.4 Å². The molecule has 1 amide bonds. The van der Waals surface area contributed by atoms with E-state index in [0.29, 0.717) is 6.42 Å². The lowest BCUT2D eigenvalue weighted by Gasteiger charge is -2.41. The van der Waals surface area contributed by atoms with Crippen LogP contribution in [0.25, 0.3) is 0 Å². The number of nitrogens with zero attached hydrogens (tertiary/aromatic N) is 3. The van der Waals surface area contributed by atoms with Crippen LogP contribution in [0.3, 0.4) is 0 Å². The third-order valence-corrected chi connectivity index (χ3v) is 6.50. The standard InChI is InChI=1S/C19H35N5O/c1-4-20-17(22-14-19(23(2)3)9-5-6-10-19)24-11-7-8-18(15-24)12-16(25)21-13-18/h4-15H2,1-3H3,(H,20,22)(H,21,25). The molecule has 0 radical (unpaired) electrons. The van der Waals surface area contributed by atoms with E-state index in [0.717, 1.165) is 51.5 Å². The fourth-order valence-electron chi connectivity index (χ4n) is 4.86. The minimum atomic E-state index is 0.109. The van der Waals surface area contributed by atoms with Crippen molar-refractivity contribution >= 4 is 11.9 Å². The Hall–Kier alpha value is -1.30. The molecule has 2 saturated heterocycles. The van der Waals surface area contributed by atoms with E-state index in [1.807, 2.05) is 0 Å². The van der Waals surface area contributed by atoms with Crippen molar-refractivity contribution in [2.45, 2.75) is 57.4 Å². The van der Waals surface area contributed by atoms with Gasteiger partial charge < -0.3 is 20.4 Å². The van der Waals surface area contributed by atoms with E-state index in [1.54, 1.807) is 0 Å². The molecule has 142 valence electrons. The molecular weight excluding hydrogens is 314 g/mol. The number of hydrogen-bond acceptors (Lipinski definition) is 3. The summed E-state index contributed by atoms with van der Waals surface area (Å²) in [7, 11) is 4.39. The number of aliphatic imine (C=N–C) groups is 1. The molecule has 2 N–H and O–H groups in total. The Bertz CT molecular complexity index is 512. The van der Waals surface area contributed by atoms with Crippen molar-refractivity contribution in [3.63, 3.8) is 0 Å². The van der Waals surface area contributed by atoms with Crippen LogP contribution in [0.2, 0.25) is 0 Å². The van der Waals surface area contributed by atoms with Crippen molar-refractivity contribution in [2.75, 3.05) is 46.8 Å². The molecule has 1 spiro atoms. The molecule has 2 aliphatic heterocycles. The summed E-state index contributed by atoms with van der Waals surface area (Å²) in [5.74, 6) is 1.25. The summed E-state index contributed by atoms with van der Waals surface area (Å²) in [6.07, 6.45) is 8.05. The first-order valence-electron chi connectivity index (χ1n) is 9.96. The molecule has 1 aliphatic carbocycles. The van der Waals surface area contributed by atoms with Crippen LogP contribution in [0.15, 0.2) is 4.99 Å². The molecule has 2 heterocycles. The second-order valence-corrected chi connectivity index (χ2v) is 8.47. The maximum absolute atomic E-state index is 11.8. The molecular formula is C19H35N5O. The van der Waals surface area contributed by atoms with Crippen LogP contribution in [-0.4, -0.2) is 74.0 Å². The summed E-state index contributed by atoms with van der Waals surface area (Å²) in [6.45, 7) is 6.68. The maximum atomic E-state index is 11.8. The molecule has 3 fully saturated rings. The Kier molecular flexibility index (Phi) is 5.56. The third-order valence-electron chi connectivity index (χ3n) is 6.50. The predicted molar refractivity (Wildman–Crippen MR) is 102 cm³/mol. The monoisotopic (exact) mass is 349 g/mol. The average molecular weight is 350 g/mol. The Morgan fingerprint density at radius 3 is 2.64 bits per heavy atom. The molecule has 0 aromatic carbocycles. The first-order chi connectivity index (χ1) is 12.0. The fourth-order valence-corrected chi connectivity index (χ4v) is 4.86. The van der Waals surface area contributed by atoms with E-state index in [2.05, 4.69) is 41.5 Å². The number of likely N-dealkylation sites (tertiary alicyclic amines) is 1. The summed E-state index contributed by atoms with van der Waals surface area (Å²) in [6, 6.07) is 0. The number of guanidine groups is 1. The van der Waals surface area contributed by atoms with Crippen LogP contribution < -0.4 is 10.6 Å². The summed E-state index contributed by atoms with van der Waals surface area (Å²) >= 11 is 0. The van der Waals surface area contributed by atoms with Crippen molar-refractivity contribution in [3.8, 4) is 0 Å². The molecule has 0 bridgehead atoms. The number of likely N-dealkylation sites (N-methyl/N-ethyl adjacent to an activating group) is 1. The van der Waals surface area contributed by atoms with Gasteiger partial charge in [-0.05, 0) is 46.7 Å². The molecule has 1 atom stereocenters. The number of hydrogen-bond donors (Lipinski definition) is 2. The van der Waals surface area contributed by atoms with Gasteiger partial charge in [-0.1, -0.05) is 12.8 Å². The van der Waals surface area contributed by atoms with Gasteiger partial charge in [0.05, 0.1) is 6.54 Å². The van der Waals surface area contributed by atoms with Gasteiger partial charge in [-0.2, -0.15) is 0 Å². The third kappa shape index (κ3) is 3.94. The van der Waals surface area contributed by atoms with Crippen LogP contribution in [0, 0.1) is 5.41 Å². The summed E-state index contributed by atoms with van der Waals surface area (Å²) < 4.78 is 0. The van der Waals surface area contributed by atoms with E-state index in [-0.39, 0.29) is 16.9 Å². The van der Waals surface area contributed by atoms with Crippen molar-refractivity contribution in [2.24, 2.45) is 10.4 Å². The largest absolute Gasteiger partial charge is 0.357 e. The van der Waals surface area contributed by atoms with Crippen molar-refractivity contribution < 1.29 is 4.79 Å². The van der Waals surface area contributed by atoms with E-state index in [9.17, 15) is 4.79 Å². The first kappa shape index (κ1) is 18.5. The first-order valence-corrected chi connectivity index (χ1v) is 9.96. The molecule has 0 aromatic heterocycles. The number of amides is 1. The summed E-state index contributed by atoms with van der Waals surface area (Å²) in [4.78, 5) is 21.6. The van der Waals surface area contributed by atoms with E-state index in [1.165, 1.54) is 25.7 Å². The van der Waals surface area contributed by atoms with Crippen LogP contribution in [0.4, 0.5) is 0 Å². The summed E-state index contributed by atoms with van der Waals surface area (Å²) in [5, 5.41) is 6.54. The Balaban J connectivity index is 1.72. The van der Waals surface area contributed by atoms with Gasteiger partial charge in [0.2, 0.25) is 5.91 Å². The Labute approximate surface area is 152 Å². The zero-order valence-corrected chi connectivity index (χ0v) is 16.2. The maximum Gasteiger partial charge on any atom is 0.220 e. The van der Waals surface area contributed by atoms with Crippen LogP contribution in [0.5, 0.6) is 0 Å². The zero-order chi connectivity index (χ0) is 17.9. The fraction of sp³-hybridized carbons (Fsp3) is 0.895. The van der Waals surface area contributed by atoms with Crippen LogP contribution >= 0.6 is 0 Å². The van der Waals surface area contributed by atoms with Gasteiger partial charge in [0, 0.05) is 43.6 Å². The predicted octanol–water partition coefficient (Wildman–Crippen LogP) is 1.43. The lowest BCUT2D eigenvalue weighted by molar-refractivity contribution is -0.119. The number of carbonyl (C=O) groups excluding carboxylic acids is 1. The molecule has 0 aromatic rings. The lowest BCUT2D eigenvalue weighted by Crippen LogP contribution is -2.52. The quantitative estimate of drug-likeness (QED) is 0.595. The number of nitrogens with one attached hydrogen (secondary N) is 2. The van der Waals surface area contributed by atoms with E-state index >= 15 is 0 Å². The Morgan fingerprint density at radius 2 is 2.04 bits per heavy atom. The molecule has 1 saturated carbocycles. The normalized spacial score (nSPS) is 29.5. The highest BCUT2D eigenvalue weighted by molar-refractivity contribution is 5.81. The van der Waals surface area contributed by atoms with Crippen molar-refractivity contribution in [1.29, 1.82) is 0 Å². The topological polar surface area (TPSA) is 60.0 Å². The van der Waals surface area contributed by atoms with Gasteiger partial charge in [-0.3, -0.25) is 9.79 Å². The smallest absolute Gasteiger partial charge is 0.220 e. The number of carbonyl (C=O) groups is 1. The second kappa shape index (κ2) is 7.52.